The van der Waals surface area contributed by atoms with Gasteiger partial charge in [-0.25, -0.2) is 0 Å². The van der Waals surface area contributed by atoms with E-state index in [1.807, 2.05) is 24.0 Å². The van der Waals surface area contributed by atoms with Crippen molar-refractivity contribution in [2.24, 2.45) is 0 Å². The van der Waals surface area contributed by atoms with Crippen molar-refractivity contribution in [1.29, 1.82) is 0 Å². The first-order valence-corrected chi connectivity index (χ1v) is 16.5. The number of ether oxygens (including phenoxy) is 1. The van der Waals surface area contributed by atoms with Gasteiger partial charge in [-0.1, -0.05) is 58.8 Å². The molecule has 0 saturated heterocycles. The van der Waals surface area contributed by atoms with Crippen LogP contribution in [-0.2, 0) is 9.59 Å². The number of hydrogen-bond donors (Lipinski definition) is 2. The molecule has 2 N–H and O–H groups in total. The van der Waals surface area contributed by atoms with E-state index in [2.05, 4.69) is 24.5 Å². The van der Waals surface area contributed by atoms with E-state index in [9.17, 15) is 9.59 Å². The molecule has 0 bridgehead atoms. The molecule has 5 nitrogen and oxygen atoms in total. The molecule has 0 atom stereocenters. The van der Waals surface area contributed by atoms with E-state index >= 15 is 0 Å². The fourth-order valence-electron chi connectivity index (χ4n) is 3.80. The van der Waals surface area contributed by atoms with E-state index in [0.717, 1.165) is 30.7 Å². The van der Waals surface area contributed by atoms with E-state index in [-0.39, 0.29) is 26.6 Å². The second kappa shape index (κ2) is 21.5. The predicted octanol–water partition coefficient (Wildman–Crippen LogP) is 8.17. The molecule has 198 valence electrons. The Kier molecular flexibility index (Phi) is 19.2. The number of anilines is 2. The van der Waals surface area contributed by atoms with Crippen molar-refractivity contribution in [2.45, 2.75) is 115 Å². The van der Waals surface area contributed by atoms with E-state index in [4.69, 9.17) is 4.74 Å². The first-order valence-electron chi connectivity index (χ1n) is 13.6. The summed E-state index contributed by atoms with van der Waals surface area (Å²) in [5.41, 5.74) is 1.44. The van der Waals surface area contributed by atoms with Gasteiger partial charge in [0.15, 0.2) is 0 Å². The molecule has 0 aromatic heterocycles. The van der Waals surface area contributed by atoms with Gasteiger partial charge in [-0.15, -0.1) is 0 Å². The molecular formula is C29H48N2O3Se. The number of allylic oxidation sites excluding steroid dienone is 1. The standard InChI is InChI=1S/C29H48N2O3Se/c1-4-6-8-10-12-13-15-17-25(32)20-21-30-27-19-18-26(23-28(27)31-29(33)24-35-3)34-22-16-14-11-9-7-5-2/h18-21,23,30H,4-17,22,24H2,1-3H3,(H,31,33)/b21-20+. The molecule has 0 unspecified atom stereocenters. The molecule has 0 spiro atoms. The number of rotatable bonds is 22. The Hall–Kier alpha value is -1.78. The molecule has 1 amide bonds. The number of carbonyl (C=O) groups is 2. The molecule has 0 fully saturated rings. The van der Waals surface area contributed by atoms with Crippen LogP contribution in [0.1, 0.15) is 104 Å². The summed E-state index contributed by atoms with van der Waals surface area (Å²) in [7, 11) is 0. The SMILES string of the molecule is CCCCCCCCCC(=O)/C=C/Nc1ccc(OCCCCCCCC)cc1NC(=O)C[Se]C. The molecule has 6 heteroatoms. The van der Waals surface area contributed by atoms with Gasteiger partial charge in [0.1, 0.15) is 0 Å². The maximum atomic E-state index is 12.2. The van der Waals surface area contributed by atoms with Crippen molar-refractivity contribution in [3.8, 4) is 5.75 Å². The molecule has 0 aliphatic heterocycles. The Bertz CT molecular complexity index is 737. The summed E-state index contributed by atoms with van der Waals surface area (Å²) in [5, 5.41) is 6.70. The summed E-state index contributed by atoms with van der Waals surface area (Å²) in [6.07, 6.45) is 19.6. The normalized spacial score (nSPS) is 11.1. The first-order chi connectivity index (χ1) is 17.1. The quantitative estimate of drug-likeness (QED) is 0.0867. The van der Waals surface area contributed by atoms with Crippen LogP contribution in [0, 0.1) is 0 Å². The van der Waals surface area contributed by atoms with Crippen molar-refractivity contribution in [3.05, 3.63) is 30.5 Å². The summed E-state index contributed by atoms with van der Waals surface area (Å²) >= 11 is 0.270. The monoisotopic (exact) mass is 552 g/mol. The van der Waals surface area contributed by atoms with Gasteiger partial charge in [0.2, 0.25) is 0 Å². The van der Waals surface area contributed by atoms with Crippen molar-refractivity contribution >= 4 is 38.0 Å². The topological polar surface area (TPSA) is 67.4 Å². The van der Waals surface area contributed by atoms with E-state index < -0.39 is 0 Å². The number of nitrogens with one attached hydrogen (secondary N) is 2. The van der Waals surface area contributed by atoms with Gasteiger partial charge >= 0.3 is 162 Å². The van der Waals surface area contributed by atoms with Gasteiger partial charge in [0.05, 0.1) is 0 Å². The van der Waals surface area contributed by atoms with Crippen LogP contribution in [0.3, 0.4) is 0 Å². The Morgan fingerprint density at radius 3 is 2.14 bits per heavy atom. The molecule has 0 aliphatic rings. The van der Waals surface area contributed by atoms with E-state index in [0.29, 0.717) is 24.0 Å². The zero-order chi connectivity index (χ0) is 25.6. The Morgan fingerprint density at radius 1 is 0.857 bits per heavy atom. The molecule has 0 aliphatic carbocycles. The number of amides is 1. The minimum absolute atomic E-state index is 0.00242. The first kappa shape index (κ1) is 31.2. The van der Waals surface area contributed by atoms with Crippen molar-refractivity contribution in [2.75, 3.05) is 17.2 Å². The summed E-state index contributed by atoms with van der Waals surface area (Å²) in [4.78, 5) is 24.4. The molecule has 1 rings (SSSR count). The summed E-state index contributed by atoms with van der Waals surface area (Å²) in [6, 6.07) is 5.68. The molecule has 0 saturated carbocycles. The predicted molar refractivity (Wildman–Crippen MR) is 151 cm³/mol. The summed E-state index contributed by atoms with van der Waals surface area (Å²) < 4.78 is 5.93. The Balaban J connectivity index is 2.53. The minimum atomic E-state index is 0.00242. The van der Waals surface area contributed by atoms with Crippen molar-refractivity contribution in [1.82, 2.24) is 0 Å². The number of ketones is 1. The van der Waals surface area contributed by atoms with E-state index in [1.165, 1.54) is 64.2 Å². The molecule has 0 radical (unpaired) electrons. The molecule has 35 heavy (non-hydrogen) atoms. The number of unbranched alkanes of at least 4 members (excludes halogenated alkanes) is 11. The van der Waals surface area contributed by atoms with Crippen LogP contribution in [0.15, 0.2) is 30.5 Å². The second-order valence-electron chi connectivity index (χ2n) is 9.12. The van der Waals surface area contributed by atoms with Gasteiger partial charge < -0.3 is 0 Å². The molecule has 0 heterocycles. The van der Waals surface area contributed by atoms with Crippen LogP contribution in [0.4, 0.5) is 11.4 Å². The van der Waals surface area contributed by atoms with E-state index in [1.54, 1.807) is 12.3 Å². The average molecular weight is 552 g/mol. The number of hydrogen-bond acceptors (Lipinski definition) is 4. The zero-order valence-corrected chi connectivity index (χ0v) is 24.0. The Morgan fingerprint density at radius 2 is 1.49 bits per heavy atom. The number of benzene rings is 1. The molecule has 1 aromatic rings. The average Bonchev–Trinajstić information content (AvgIpc) is 2.84. The Labute approximate surface area is 220 Å². The van der Waals surface area contributed by atoms with Crippen LogP contribution in [0.25, 0.3) is 0 Å². The van der Waals surface area contributed by atoms with Gasteiger partial charge in [-0.2, -0.15) is 0 Å². The summed E-state index contributed by atoms with van der Waals surface area (Å²) in [5.74, 6) is 2.93. The zero-order valence-electron chi connectivity index (χ0n) is 22.3. The van der Waals surface area contributed by atoms with Gasteiger partial charge in [0, 0.05) is 0 Å². The van der Waals surface area contributed by atoms with Gasteiger partial charge in [-0.05, 0) is 0 Å². The van der Waals surface area contributed by atoms with Gasteiger partial charge in [0.25, 0.3) is 0 Å². The third-order valence-corrected chi connectivity index (χ3v) is 7.00. The van der Waals surface area contributed by atoms with Crippen LogP contribution in [-0.4, -0.2) is 33.3 Å². The maximum absolute atomic E-state index is 12.2. The fraction of sp³-hybridized carbons (Fsp3) is 0.655. The van der Waals surface area contributed by atoms with Crippen molar-refractivity contribution in [3.63, 3.8) is 0 Å². The summed E-state index contributed by atoms with van der Waals surface area (Å²) in [6.45, 7) is 5.13. The second-order valence-corrected chi connectivity index (χ2v) is 10.9. The third-order valence-electron chi connectivity index (χ3n) is 5.84. The van der Waals surface area contributed by atoms with Crippen molar-refractivity contribution < 1.29 is 14.3 Å². The fourth-order valence-corrected chi connectivity index (χ4v) is 4.50. The van der Waals surface area contributed by atoms with Crippen LogP contribution in [0.5, 0.6) is 5.75 Å². The molecule has 1 aromatic carbocycles. The van der Waals surface area contributed by atoms with Crippen LogP contribution in [0.2, 0.25) is 11.1 Å². The van der Waals surface area contributed by atoms with Gasteiger partial charge in [-0.3, -0.25) is 0 Å². The van der Waals surface area contributed by atoms with Crippen LogP contribution < -0.4 is 15.4 Å². The van der Waals surface area contributed by atoms with Crippen LogP contribution >= 0.6 is 0 Å². The number of carbonyl (C=O) groups excluding carboxylic acids is 2. The molecular weight excluding hydrogens is 503 g/mol. The third kappa shape index (κ3) is 16.5.